The van der Waals surface area contributed by atoms with Crippen LogP contribution in [0.3, 0.4) is 0 Å². The minimum absolute atomic E-state index is 0.377. The number of benzene rings is 1. The Hall–Kier alpha value is -2.03. The van der Waals surface area contributed by atoms with Gasteiger partial charge in [0.2, 0.25) is 10.0 Å². The maximum atomic E-state index is 13.2. The molecule has 3 aromatic rings. The second-order valence-electron chi connectivity index (χ2n) is 9.74. The Morgan fingerprint density at radius 1 is 1.06 bits per heavy atom. The first-order valence-corrected chi connectivity index (χ1v) is 14.1. The van der Waals surface area contributed by atoms with E-state index in [4.69, 9.17) is 9.97 Å². The van der Waals surface area contributed by atoms with Gasteiger partial charge in [0.05, 0.1) is 10.3 Å². The standard InChI is InChI=1S/C25H32N4O2S2/c1-16(2)19-6-8-20(9-7-19)33(30,31)29-13-11-28(12-14-29)24-23-21-10-5-17(3)15-22(21)32-25(23)27-18(4)26-24/h6-9,16-17H,5,10-15H2,1-4H3/t17-/m0/s1. The molecule has 6 nitrogen and oxygen atoms in total. The zero-order valence-electron chi connectivity index (χ0n) is 19.8. The highest BCUT2D eigenvalue weighted by Gasteiger charge is 2.31. The summed E-state index contributed by atoms with van der Waals surface area (Å²) in [6.07, 6.45) is 3.40. The van der Waals surface area contributed by atoms with Gasteiger partial charge in [0.25, 0.3) is 0 Å². The molecule has 0 spiro atoms. The van der Waals surface area contributed by atoms with E-state index in [1.54, 1.807) is 16.4 Å². The number of aryl methyl sites for hydroxylation is 2. The molecular formula is C25H32N4O2S2. The minimum Gasteiger partial charge on any atom is -0.353 e. The Morgan fingerprint density at radius 2 is 1.76 bits per heavy atom. The van der Waals surface area contributed by atoms with Crippen molar-refractivity contribution in [3.63, 3.8) is 0 Å². The van der Waals surface area contributed by atoms with Crippen LogP contribution < -0.4 is 4.90 Å². The second kappa shape index (κ2) is 8.64. The van der Waals surface area contributed by atoms with Crippen molar-refractivity contribution < 1.29 is 8.42 Å². The lowest BCUT2D eigenvalue weighted by Crippen LogP contribution is -2.49. The van der Waals surface area contributed by atoms with Gasteiger partial charge in [-0.2, -0.15) is 4.31 Å². The number of aromatic nitrogens is 2. The van der Waals surface area contributed by atoms with Gasteiger partial charge in [-0.15, -0.1) is 11.3 Å². The lowest BCUT2D eigenvalue weighted by atomic mass is 9.89. The van der Waals surface area contributed by atoms with Crippen LogP contribution in [-0.2, 0) is 22.9 Å². The number of fused-ring (bicyclic) bond motifs is 3. The molecule has 8 heteroatoms. The third-order valence-electron chi connectivity index (χ3n) is 6.97. The molecule has 33 heavy (non-hydrogen) atoms. The topological polar surface area (TPSA) is 66.4 Å². The molecule has 176 valence electrons. The largest absolute Gasteiger partial charge is 0.353 e. The molecule has 0 amide bonds. The van der Waals surface area contributed by atoms with Crippen LogP contribution in [0.2, 0.25) is 0 Å². The Bertz CT molecular complexity index is 1270. The van der Waals surface area contributed by atoms with Gasteiger partial charge in [0, 0.05) is 31.1 Å². The summed E-state index contributed by atoms with van der Waals surface area (Å²) in [7, 11) is -3.49. The first-order valence-electron chi connectivity index (χ1n) is 11.9. The lowest BCUT2D eigenvalue weighted by Gasteiger charge is -2.35. The number of nitrogens with zero attached hydrogens (tertiary/aromatic N) is 4. The molecule has 0 unspecified atom stereocenters. The Morgan fingerprint density at radius 3 is 2.42 bits per heavy atom. The third-order valence-corrected chi connectivity index (χ3v) is 10.0. The van der Waals surface area contributed by atoms with Gasteiger partial charge in [0.1, 0.15) is 16.5 Å². The van der Waals surface area contributed by atoms with Crippen molar-refractivity contribution in [2.24, 2.45) is 5.92 Å². The number of hydrogen-bond acceptors (Lipinski definition) is 6. The average Bonchev–Trinajstić information content (AvgIpc) is 3.15. The van der Waals surface area contributed by atoms with Crippen molar-refractivity contribution >= 4 is 37.4 Å². The van der Waals surface area contributed by atoms with Crippen LogP contribution in [0.1, 0.15) is 54.9 Å². The first kappa shape index (κ1) is 22.7. The van der Waals surface area contributed by atoms with Crippen molar-refractivity contribution in [3.05, 3.63) is 46.1 Å². The van der Waals surface area contributed by atoms with E-state index in [1.807, 2.05) is 30.4 Å². The van der Waals surface area contributed by atoms with Gasteiger partial charge in [-0.3, -0.25) is 0 Å². The molecule has 2 aliphatic rings. The minimum atomic E-state index is -3.49. The van der Waals surface area contributed by atoms with Gasteiger partial charge in [0.15, 0.2) is 0 Å². The highest BCUT2D eigenvalue weighted by Crippen LogP contribution is 2.41. The van der Waals surface area contributed by atoms with Crippen LogP contribution in [0.15, 0.2) is 29.2 Å². The summed E-state index contributed by atoms with van der Waals surface area (Å²) in [5, 5.41) is 1.20. The van der Waals surface area contributed by atoms with Crippen LogP contribution >= 0.6 is 11.3 Å². The van der Waals surface area contributed by atoms with E-state index < -0.39 is 10.0 Å². The lowest BCUT2D eigenvalue weighted by molar-refractivity contribution is 0.384. The number of thiophene rings is 1. The van der Waals surface area contributed by atoms with Crippen LogP contribution in [0.25, 0.3) is 10.2 Å². The number of rotatable bonds is 4. The van der Waals surface area contributed by atoms with E-state index in [1.165, 1.54) is 22.2 Å². The zero-order valence-corrected chi connectivity index (χ0v) is 21.5. The van der Waals surface area contributed by atoms with E-state index in [-0.39, 0.29) is 0 Å². The smallest absolute Gasteiger partial charge is 0.243 e. The fraction of sp³-hybridized carbons (Fsp3) is 0.520. The molecule has 2 aromatic heterocycles. The van der Waals surface area contributed by atoms with E-state index >= 15 is 0 Å². The van der Waals surface area contributed by atoms with Crippen LogP contribution in [0.4, 0.5) is 5.82 Å². The van der Waals surface area contributed by atoms with Crippen molar-refractivity contribution in [3.8, 4) is 0 Å². The zero-order chi connectivity index (χ0) is 23.3. The quantitative estimate of drug-likeness (QED) is 0.534. The molecule has 1 aliphatic heterocycles. The number of hydrogen-bond donors (Lipinski definition) is 0. The molecule has 0 N–H and O–H groups in total. The Labute approximate surface area is 200 Å². The van der Waals surface area contributed by atoms with Gasteiger partial charge >= 0.3 is 0 Å². The summed E-state index contributed by atoms with van der Waals surface area (Å²) < 4.78 is 28.1. The summed E-state index contributed by atoms with van der Waals surface area (Å²) in [4.78, 5) is 14.8. The van der Waals surface area contributed by atoms with Crippen LogP contribution in [0.5, 0.6) is 0 Å². The van der Waals surface area contributed by atoms with Gasteiger partial charge in [-0.05, 0) is 61.3 Å². The molecule has 0 bridgehead atoms. The summed E-state index contributed by atoms with van der Waals surface area (Å²) in [5.74, 6) is 2.86. The van der Waals surface area contributed by atoms with Gasteiger partial charge in [-0.1, -0.05) is 32.9 Å². The first-order chi connectivity index (χ1) is 15.7. The fourth-order valence-electron chi connectivity index (χ4n) is 4.97. The maximum Gasteiger partial charge on any atom is 0.243 e. The van der Waals surface area contributed by atoms with Gasteiger partial charge in [-0.25, -0.2) is 18.4 Å². The predicted octanol–water partition coefficient (Wildman–Crippen LogP) is 4.76. The molecule has 1 aromatic carbocycles. The van der Waals surface area contributed by atoms with Crippen LogP contribution in [-0.4, -0.2) is 48.9 Å². The third kappa shape index (κ3) is 4.17. The Kier molecular flexibility index (Phi) is 5.95. The predicted molar refractivity (Wildman–Crippen MR) is 135 cm³/mol. The molecule has 1 fully saturated rings. The number of anilines is 1. The summed E-state index contributed by atoms with van der Waals surface area (Å²) in [5.41, 5.74) is 2.57. The summed E-state index contributed by atoms with van der Waals surface area (Å²) >= 11 is 1.82. The molecule has 0 saturated carbocycles. The molecule has 0 radical (unpaired) electrons. The molecular weight excluding hydrogens is 452 g/mol. The highest BCUT2D eigenvalue weighted by atomic mass is 32.2. The van der Waals surface area contributed by atoms with Crippen LogP contribution in [0, 0.1) is 12.8 Å². The molecule has 3 heterocycles. The van der Waals surface area contributed by atoms with E-state index in [2.05, 4.69) is 25.7 Å². The van der Waals surface area contributed by atoms with Crippen molar-refractivity contribution in [1.29, 1.82) is 0 Å². The highest BCUT2D eigenvalue weighted by molar-refractivity contribution is 7.89. The number of sulfonamides is 1. The van der Waals surface area contributed by atoms with Crippen molar-refractivity contribution in [1.82, 2.24) is 14.3 Å². The maximum absolute atomic E-state index is 13.2. The molecule has 1 aliphatic carbocycles. The summed E-state index contributed by atoms with van der Waals surface area (Å²) in [6.45, 7) is 10.7. The Balaban J connectivity index is 1.39. The monoisotopic (exact) mass is 484 g/mol. The molecule has 1 atom stereocenters. The van der Waals surface area contributed by atoms with E-state index in [0.717, 1.165) is 34.9 Å². The van der Waals surface area contributed by atoms with E-state index in [9.17, 15) is 8.42 Å². The molecule has 1 saturated heterocycles. The van der Waals surface area contributed by atoms with Crippen molar-refractivity contribution in [2.45, 2.75) is 57.8 Å². The van der Waals surface area contributed by atoms with E-state index in [0.29, 0.717) is 42.9 Å². The molecule has 5 rings (SSSR count). The second-order valence-corrected chi connectivity index (χ2v) is 12.8. The normalized spacial score (nSPS) is 19.9. The summed E-state index contributed by atoms with van der Waals surface area (Å²) in [6, 6.07) is 7.34. The van der Waals surface area contributed by atoms with Gasteiger partial charge < -0.3 is 4.90 Å². The fourth-order valence-corrected chi connectivity index (χ4v) is 7.81. The SMILES string of the molecule is Cc1nc(N2CCN(S(=O)(=O)c3ccc(C(C)C)cc3)CC2)c2c3c(sc2n1)C[C@@H](C)CC3. The van der Waals surface area contributed by atoms with Crippen molar-refractivity contribution in [2.75, 3.05) is 31.1 Å². The average molecular weight is 485 g/mol. The number of piperazine rings is 1.